The molecule has 1 saturated heterocycles. The van der Waals surface area contributed by atoms with Crippen molar-refractivity contribution in [3.63, 3.8) is 0 Å². The number of rotatable bonds is 3. The van der Waals surface area contributed by atoms with Gasteiger partial charge < -0.3 is 15.8 Å². The molecule has 136 valence electrons. The highest BCUT2D eigenvalue weighted by molar-refractivity contribution is 5.89. The predicted octanol–water partition coefficient (Wildman–Crippen LogP) is 2.38. The molecule has 3 rings (SSSR count). The number of halogens is 2. The highest BCUT2D eigenvalue weighted by Gasteiger charge is 2.70. The molecule has 3 unspecified atom stereocenters. The van der Waals surface area contributed by atoms with Gasteiger partial charge >= 0.3 is 0 Å². The first-order valence-electron chi connectivity index (χ1n) is 7.98. The monoisotopic (exact) mass is 375 g/mol. The lowest BCUT2D eigenvalue weighted by Gasteiger charge is -2.65. The number of carbonyl (C=O) groups is 1. The van der Waals surface area contributed by atoms with E-state index in [0.717, 1.165) is 30.7 Å². The minimum atomic E-state index is -0.860. The Bertz CT molecular complexity index is 597. The van der Waals surface area contributed by atoms with Crippen LogP contribution < -0.4 is 11.1 Å². The van der Waals surface area contributed by atoms with Gasteiger partial charge in [-0.15, -0.1) is 24.8 Å². The third-order valence-corrected chi connectivity index (χ3v) is 5.59. The number of carbonyl (C=O) groups excluding carboxylic acids is 1. The van der Waals surface area contributed by atoms with Gasteiger partial charge in [0.1, 0.15) is 5.54 Å². The molecule has 0 aromatic carbocycles. The summed E-state index contributed by atoms with van der Waals surface area (Å²) in [5.74, 6) is 0.0235. The first kappa shape index (κ1) is 21.2. The zero-order valence-electron chi connectivity index (χ0n) is 14.4. The second kappa shape index (κ2) is 7.56. The summed E-state index contributed by atoms with van der Waals surface area (Å²) in [6.07, 6.45) is 3.77. The van der Waals surface area contributed by atoms with Crippen LogP contribution >= 0.6 is 24.8 Å². The van der Waals surface area contributed by atoms with Gasteiger partial charge in [0.05, 0.1) is 18.3 Å². The van der Waals surface area contributed by atoms with Gasteiger partial charge in [-0.3, -0.25) is 9.78 Å². The lowest BCUT2D eigenvalue weighted by molar-refractivity contribution is -0.225. The van der Waals surface area contributed by atoms with Gasteiger partial charge in [0.25, 0.3) is 0 Å². The van der Waals surface area contributed by atoms with Crippen molar-refractivity contribution in [2.45, 2.75) is 51.8 Å². The van der Waals surface area contributed by atoms with Crippen molar-refractivity contribution >= 4 is 30.7 Å². The Morgan fingerprint density at radius 2 is 2.17 bits per heavy atom. The maximum Gasteiger partial charge on any atom is 0.241 e. The summed E-state index contributed by atoms with van der Waals surface area (Å²) in [7, 11) is 0. The number of amides is 1. The Labute approximate surface area is 155 Å². The molecule has 5 nitrogen and oxygen atoms in total. The highest BCUT2D eigenvalue weighted by Crippen LogP contribution is 2.57. The quantitative estimate of drug-likeness (QED) is 0.849. The average Bonchev–Trinajstić information content (AvgIpc) is 2.53. The van der Waals surface area contributed by atoms with Crippen molar-refractivity contribution in [2.24, 2.45) is 17.1 Å². The molecule has 0 radical (unpaired) electrons. The van der Waals surface area contributed by atoms with E-state index < -0.39 is 5.54 Å². The van der Waals surface area contributed by atoms with Crippen molar-refractivity contribution in [1.29, 1.82) is 0 Å². The molecule has 1 aromatic heterocycles. The van der Waals surface area contributed by atoms with Crippen LogP contribution in [0.25, 0.3) is 0 Å². The molecule has 1 aromatic rings. The highest BCUT2D eigenvalue weighted by atomic mass is 35.5. The van der Waals surface area contributed by atoms with Crippen LogP contribution in [0.4, 0.5) is 0 Å². The zero-order chi connectivity index (χ0) is 16.0. The van der Waals surface area contributed by atoms with Crippen molar-refractivity contribution in [3.05, 3.63) is 29.6 Å². The molecule has 24 heavy (non-hydrogen) atoms. The Balaban J connectivity index is 0.00000144. The summed E-state index contributed by atoms with van der Waals surface area (Å²) in [4.78, 5) is 17.1. The summed E-state index contributed by atoms with van der Waals surface area (Å²) in [5.41, 5.74) is 7.31. The van der Waals surface area contributed by atoms with Crippen LogP contribution in [0.5, 0.6) is 0 Å². The van der Waals surface area contributed by atoms with Gasteiger partial charge in [-0.25, -0.2) is 0 Å². The van der Waals surface area contributed by atoms with E-state index in [1.54, 1.807) is 6.20 Å². The average molecular weight is 376 g/mol. The molecule has 1 amide bonds. The van der Waals surface area contributed by atoms with Gasteiger partial charge in [0.2, 0.25) is 5.91 Å². The number of nitrogens with zero attached hydrogens (tertiary/aromatic N) is 1. The minimum Gasteiger partial charge on any atom is -0.377 e. The summed E-state index contributed by atoms with van der Waals surface area (Å²) in [6.45, 7) is 7.25. The van der Waals surface area contributed by atoms with Gasteiger partial charge in [0.15, 0.2) is 0 Å². The van der Waals surface area contributed by atoms with Gasteiger partial charge in [-0.2, -0.15) is 0 Å². The van der Waals surface area contributed by atoms with Crippen LogP contribution in [0.3, 0.4) is 0 Å². The van der Waals surface area contributed by atoms with Gasteiger partial charge in [0, 0.05) is 24.1 Å². The van der Waals surface area contributed by atoms with E-state index in [9.17, 15) is 4.79 Å². The molecular formula is C17H27Cl2N3O2. The number of nitrogens with two attached hydrogens (primary N) is 1. The van der Waals surface area contributed by atoms with Crippen LogP contribution in [-0.2, 0) is 16.1 Å². The van der Waals surface area contributed by atoms with Crippen molar-refractivity contribution in [1.82, 2.24) is 10.3 Å². The van der Waals surface area contributed by atoms with Crippen molar-refractivity contribution < 1.29 is 9.53 Å². The fourth-order valence-corrected chi connectivity index (χ4v) is 4.05. The minimum absolute atomic E-state index is 0. The Morgan fingerprint density at radius 1 is 1.46 bits per heavy atom. The van der Waals surface area contributed by atoms with E-state index in [2.05, 4.69) is 10.3 Å². The fourth-order valence-electron chi connectivity index (χ4n) is 4.05. The van der Waals surface area contributed by atoms with Gasteiger partial charge in [-0.1, -0.05) is 19.9 Å². The van der Waals surface area contributed by atoms with Crippen molar-refractivity contribution in [2.75, 3.05) is 6.61 Å². The Kier molecular flexibility index (Phi) is 6.67. The molecule has 0 spiro atoms. The molecule has 2 fully saturated rings. The maximum atomic E-state index is 12.8. The second-order valence-corrected chi connectivity index (χ2v) is 7.08. The topological polar surface area (TPSA) is 77.2 Å². The summed E-state index contributed by atoms with van der Waals surface area (Å²) in [5, 5.41) is 2.99. The van der Waals surface area contributed by atoms with E-state index in [1.807, 2.05) is 32.9 Å². The molecule has 2 heterocycles. The zero-order valence-corrected chi connectivity index (χ0v) is 16.0. The molecule has 3 atom stereocenters. The number of hydrogen-bond donors (Lipinski definition) is 2. The number of hydrogen-bond acceptors (Lipinski definition) is 4. The third kappa shape index (κ3) is 3.03. The molecule has 7 heteroatoms. The molecule has 1 aliphatic carbocycles. The number of aryl methyl sites for hydroxylation is 1. The number of fused-ring (bicyclic) bond motifs is 1. The molecule has 1 aliphatic heterocycles. The SMILES string of the molecule is Cc1cccnc1CNC(=O)C1(N)C2CCCOC2C1(C)C.Cl.Cl. The van der Waals surface area contributed by atoms with Crippen LogP contribution in [0.1, 0.15) is 37.9 Å². The first-order valence-corrected chi connectivity index (χ1v) is 7.98. The smallest absolute Gasteiger partial charge is 0.241 e. The molecule has 2 aliphatic rings. The van der Waals surface area contributed by atoms with Crippen LogP contribution in [0, 0.1) is 18.3 Å². The van der Waals surface area contributed by atoms with Crippen LogP contribution in [-0.4, -0.2) is 29.1 Å². The maximum absolute atomic E-state index is 12.8. The summed E-state index contributed by atoms with van der Waals surface area (Å²) < 4.78 is 5.85. The Morgan fingerprint density at radius 3 is 2.83 bits per heavy atom. The Hall–Kier alpha value is -0.880. The van der Waals surface area contributed by atoms with Gasteiger partial charge in [-0.05, 0) is 31.4 Å². The van der Waals surface area contributed by atoms with E-state index in [-0.39, 0.29) is 48.2 Å². The van der Waals surface area contributed by atoms with E-state index in [4.69, 9.17) is 10.5 Å². The largest absolute Gasteiger partial charge is 0.377 e. The number of ether oxygens (including phenoxy) is 1. The van der Waals surface area contributed by atoms with Crippen LogP contribution in [0.2, 0.25) is 0 Å². The third-order valence-electron chi connectivity index (χ3n) is 5.59. The van der Waals surface area contributed by atoms with Crippen LogP contribution in [0.15, 0.2) is 18.3 Å². The summed E-state index contributed by atoms with van der Waals surface area (Å²) in [6, 6.07) is 3.88. The van der Waals surface area contributed by atoms with E-state index in [0.29, 0.717) is 6.54 Å². The van der Waals surface area contributed by atoms with E-state index in [1.165, 1.54) is 0 Å². The normalized spacial score (nSPS) is 30.0. The molecule has 1 saturated carbocycles. The predicted molar refractivity (Wildman–Crippen MR) is 98.5 cm³/mol. The second-order valence-electron chi connectivity index (χ2n) is 7.08. The van der Waals surface area contributed by atoms with E-state index >= 15 is 0 Å². The number of nitrogens with one attached hydrogen (secondary N) is 1. The molecule has 0 bridgehead atoms. The molecular weight excluding hydrogens is 349 g/mol. The standard InChI is InChI=1S/C17H25N3O2.2ClH/c1-11-6-4-8-19-13(11)10-20-15(21)17(18)12-7-5-9-22-14(12)16(17,2)3;;/h4,6,8,12,14H,5,7,9-10,18H2,1-3H3,(H,20,21);2*1H. The fraction of sp³-hybridized carbons (Fsp3) is 0.647. The molecule has 3 N–H and O–H groups in total. The lowest BCUT2D eigenvalue weighted by Crippen LogP contribution is -2.82. The van der Waals surface area contributed by atoms with Crippen molar-refractivity contribution in [3.8, 4) is 0 Å². The summed E-state index contributed by atoms with van der Waals surface area (Å²) >= 11 is 0. The first-order chi connectivity index (χ1) is 10.4. The number of aromatic nitrogens is 1. The number of pyridine rings is 1. The lowest BCUT2D eigenvalue weighted by atomic mass is 9.46.